The third-order valence-corrected chi connectivity index (χ3v) is 4.28. The minimum atomic E-state index is -0.231. The third-order valence-electron chi connectivity index (χ3n) is 4.28. The van der Waals surface area contributed by atoms with E-state index in [9.17, 15) is 4.39 Å². The van der Waals surface area contributed by atoms with Gasteiger partial charge in [-0.1, -0.05) is 43.8 Å². The summed E-state index contributed by atoms with van der Waals surface area (Å²) in [4.78, 5) is 4.77. The van der Waals surface area contributed by atoms with E-state index in [0.717, 1.165) is 34.9 Å². The molecule has 0 bridgehead atoms. The molecule has 0 atom stereocenters. The molecule has 0 amide bonds. The number of benzene rings is 2. The summed E-state index contributed by atoms with van der Waals surface area (Å²) < 4.78 is 15.3. The first-order chi connectivity index (χ1) is 12.2. The Hall–Kier alpha value is -2.88. The number of aromatic nitrogens is 2. The zero-order chi connectivity index (χ0) is 17.8. The molecule has 0 aliphatic heterocycles. The van der Waals surface area contributed by atoms with E-state index in [0.29, 0.717) is 6.54 Å². The first-order valence-corrected chi connectivity index (χ1v) is 8.40. The molecule has 3 rings (SSSR count). The number of anilines is 1. The predicted octanol–water partition coefficient (Wildman–Crippen LogP) is 4.98. The molecular weight excluding hydrogens is 313 g/mol. The molecule has 0 saturated carbocycles. The van der Waals surface area contributed by atoms with E-state index in [1.54, 1.807) is 18.2 Å². The summed E-state index contributed by atoms with van der Waals surface area (Å²) in [6, 6.07) is 15.0. The van der Waals surface area contributed by atoms with Gasteiger partial charge in [0.15, 0.2) is 5.82 Å². The van der Waals surface area contributed by atoms with Crippen LogP contribution in [0.4, 0.5) is 10.2 Å². The molecular formula is C21H22FN3. The average Bonchev–Trinajstić information content (AvgIpc) is 3.01. The van der Waals surface area contributed by atoms with Gasteiger partial charge in [-0.15, -0.1) is 0 Å². The van der Waals surface area contributed by atoms with Crippen LogP contribution in [0.25, 0.3) is 17.5 Å². The van der Waals surface area contributed by atoms with Gasteiger partial charge in [0.2, 0.25) is 0 Å². The number of hydrogen-bond acceptors (Lipinski definition) is 2. The van der Waals surface area contributed by atoms with Crippen molar-refractivity contribution in [2.45, 2.75) is 19.9 Å². The standard InChI is InChI=1S/C21H22FN3/c1-4-15-7-6-8-17(13-15)21-24-20(23-3)19(5-2)25(21)14-16-9-11-18(22)12-10-16/h5-13,23H,2,4,14H2,1,3H3. The maximum atomic E-state index is 13.2. The van der Waals surface area contributed by atoms with Gasteiger partial charge in [-0.2, -0.15) is 0 Å². The zero-order valence-corrected chi connectivity index (χ0v) is 14.6. The van der Waals surface area contributed by atoms with Crippen molar-refractivity contribution in [1.29, 1.82) is 0 Å². The lowest BCUT2D eigenvalue weighted by Crippen LogP contribution is -2.05. The van der Waals surface area contributed by atoms with Crippen LogP contribution >= 0.6 is 0 Å². The molecule has 1 N–H and O–H groups in total. The maximum absolute atomic E-state index is 13.2. The monoisotopic (exact) mass is 335 g/mol. The zero-order valence-electron chi connectivity index (χ0n) is 14.6. The highest BCUT2D eigenvalue weighted by atomic mass is 19.1. The van der Waals surface area contributed by atoms with Gasteiger partial charge in [0.25, 0.3) is 0 Å². The molecule has 0 aliphatic carbocycles. The van der Waals surface area contributed by atoms with Gasteiger partial charge < -0.3 is 9.88 Å². The van der Waals surface area contributed by atoms with Gasteiger partial charge >= 0.3 is 0 Å². The smallest absolute Gasteiger partial charge is 0.152 e. The Balaban J connectivity index is 2.12. The lowest BCUT2D eigenvalue weighted by molar-refractivity contribution is 0.626. The molecule has 4 heteroatoms. The molecule has 0 aliphatic rings. The SMILES string of the molecule is C=Cc1c(NC)nc(-c2cccc(CC)c2)n1Cc1ccc(F)cc1. The van der Waals surface area contributed by atoms with Crippen molar-refractivity contribution in [3.05, 3.63) is 77.7 Å². The van der Waals surface area contributed by atoms with Gasteiger partial charge in [-0.3, -0.25) is 0 Å². The van der Waals surface area contributed by atoms with Crippen LogP contribution < -0.4 is 5.32 Å². The summed E-state index contributed by atoms with van der Waals surface area (Å²) in [5.41, 5.74) is 4.26. The van der Waals surface area contributed by atoms with E-state index in [4.69, 9.17) is 4.98 Å². The van der Waals surface area contributed by atoms with Crippen molar-refractivity contribution < 1.29 is 4.39 Å². The summed E-state index contributed by atoms with van der Waals surface area (Å²) in [7, 11) is 1.85. The van der Waals surface area contributed by atoms with Gasteiger partial charge in [-0.05, 0) is 41.8 Å². The molecule has 0 unspecified atom stereocenters. The second-order valence-corrected chi connectivity index (χ2v) is 5.89. The minimum absolute atomic E-state index is 0.231. The third kappa shape index (κ3) is 3.48. The molecule has 0 spiro atoms. The first kappa shape index (κ1) is 17.0. The highest BCUT2D eigenvalue weighted by Crippen LogP contribution is 2.28. The summed E-state index contributed by atoms with van der Waals surface area (Å²) in [5, 5.41) is 3.14. The van der Waals surface area contributed by atoms with Crippen molar-refractivity contribution in [3.63, 3.8) is 0 Å². The molecule has 1 aromatic heterocycles. The van der Waals surface area contributed by atoms with Crippen LogP contribution in [-0.4, -0.2) is 16.6 Å². The van der Waals surface area contributed by atoms with E-state index in [1.165, 1.54) is 17.7 Å². The quantitative estimate of drug-likeness (QED) is 0.688. The summed E-state index contributed by atoms with van der Waals surface area (Å²) in [6.07, 6.45) is 2.77. The molecule has 25 heavy (non-hydrogen) atoms. The summed E-state index contributed by atoms with van der Waals surface area (Å²) >= 11 is 0. The Morgan fingerprint density at radius 2 is 1.92 bits per heavy atom. The second kappa shape index (κ2) is 7.34. The normalized spacial score (nSPS) is 10.7. The molecule has 3 nitrogen and oxygen atoms in total. The number of hydrogen-bond donors (Lipinski definition) is 1. The number of rotatable bonds is 6. The van der Waals surface area contributed by atoms with Crippen molar-refractivity contribution in [2.24, 2.45) is 0 Å². The predicted molar refractivity (Wildman–Crippen MR) is 102 cm³/mol. The molecule has 1 heterocycles. The van der Waals surface area contributed by atoms with Crippen LogP contribution in [0.5, 0.6) is 0 Å². The van der Waals surface area contributed by atoms with Crippen LogP contribution in [0.15, 0.2) is 55.1 Å². The van der Waals surface area contributed by atoms with Gasteiger partial charge in [0, 0.05) is 19.2 Å². The summed E-state index contributed by atoms with van der Waals surface area (Å²) in [6.45, 7) is 6.67. The number of nitrogens with one attached hydrogen (secondary N) is 1. The lowest BCUT2D eigenvalue weighted by atomic mass is 10.1. The van der Waals surface area contributed by atoms with Crippen LogP contribution in [-0.2, 0) is 13.0 Å². The molecule has 2 aromatic carbocycles. The number of nitrogens with zero attached hydrogens (tertiary/aromatic N) is 2. The largest absolute Gasteiger partial charge is 0.371 e. The highest BCUT2D eigenvalue weighted by Gasteiger charge is 2.16. The van der Waals surface area contributed by atoms with E-state index in [2.05, 4.69) is 47.7 Å². The Morgan fingerprint density at radius 1 is 1.16 bits per heavy atom. The molecule has 0 saturated heterocycles. The Bertz CT molecular complexity index is 879. The number of imidazole rings is 1. The maximum Gasteiger partial charge on any atom is 0.152 e. The second-order valence-electron chi connectivity index (χ2n) is 5.89. The van der Waals surface area contributed by atoms with Crippen LogP contribution in [0.3, 0.4) is 0 Å². The number of aryl methyl sites for hydroxylation is 1. The van der Waals surface area contributed by atoms with Crippen molar-refractivity contribution in [1.82, 2.24) is 9.55 Å². The van der Waals surface area contributed by atoms with Crippen LogP contribution in [0, 0.1) is 5.82 Å². The van der Waals surface area contributed by atoms with Crippen LogP contribution in [0.1, 0.15) is 23.7 Å². The van der Waals surface area contributed by atoms with Gasteiger partial charge in [-0.25, -0.2) is 9.37 Å². The fourth-order valence-electron chi connectivity index (χ4n) is 2.94. The van der Waals surface area contributed by atoms with E-state index in [-0.39, 0.29) is 5.82 Å². The molecule has 0 radical (unpaired) electrons. The highest BCUT2D eigenvalue weighted by molar-refractivity contribution is 5.68. The summed E-state index contributed by atoms with van der Waals surface area (Å²) in [5.74, 6) is 1.43. The van der Waals surface area contributed by atoms with Gasteiger partial charge in [0.1, 0.15) is 11.6 Å². The van der Waals surface area contributed by atoms with Crippen LogP contribution in [0.2, 0.25) is 0 Å². The Labute approximate surface area is 147 Å². The fraction of sp³-hybridized carbons (Fsp3) is 0.190. The fourth-order valence-corrected chi connectivity index (χ4v) is 2.94. The van der Waals surface area contributed by atoms with Crippen molar-refractivity contribution in [2.75, 3.05) is 12.4 Å². The lowest BCUT2D eigenvalue weighted by Gasteiger charge is -2.11. The number of halogens is 1. The minimum Gasteiger partial charge on any atom is -0.371 e. The van der Waals surface area contributed by atoms with E-state index in [1.807, 2.05) is 7.05 Å². The van der Waals surface area contributed by atoms with E-state index < -0.39 is 0 Å². The molecule has 128 valence electrons. The van der Waals surface area contributed by atoms with Crippen molar-refractivity contribution in [3.8, 4) is 11.4 Å². The molecule has 0 fully saturated rings. The topological polar surface area (TPSA) is 29.9 Å². The Kier molecular flexibility index (Phi) is 4.98. The Morgan fingerprint density at radius 3 is 2.56 bits per heavy atom. The first-order valence-electron chi connectivity index (χ1n) is 8.40. The van der Waals surface area contributed by atoms with Gasteiger partial charge in [0.05, 0.1) is 5.69 Å². The molecule has 3 aromatic rings. The van der Waals surface area contributed by atoms with E-state index >= 15 is 0 Å². The average molecular weight is 335 g/mol. The van der Waals surface area contributed by atoms with Crippen molar-refractivity contribution >= 4 is 11.9 Å².